The molecular weight excluding hydrogens is 194 g/mol. The van der Waals surface area contributed by atoms with E-state index in [9.17, 15) is 14.7 Å². The molecule has 0 radical (unpaired) electrons. The van der Waals surface area contributed by atoms with Crippen molar-refractivity contribution in [1.29, 1.82) is 0 Å². The Morgan fingerprint density at radius 1 is 1.77 bits per heavy atom. The van der Waals surface area contributed by atoms with E-state index >= 15 is 0 Å². The maximum atomic E-state index is 11.0. The van der Waals surface area contributed by atoms with Crippen molar-refractivity contribution in [3.63, 3.8) is 0 Å². The lowest BCUT2D eigenvalue weighted by atomic mass is 10.1. The maximum absolute atomic E-state index is 11.0. The van der Waals surface area contributed by atoms with E-state index in [4.69, 9.17) is 5.11 Å². The molecule has 1 rings (SSSR count). The fourth-order valence-electron chi connectivity index (χ4n) is 0.807. The monoisotopic (exact) mass is 203 g/mol. The molecule has 5 nitrogen and oxygen atoms in total. The number of hydrogen-bond acceptors (Lipinski definition) is 4. The second-order valence-electron chi connectivity index (χ2n) is 2.88. The van der Waals surface area contributed by atoms with Crippen molar-refractivity contribution >= 4 is 17.3 Å². The highest BCUT2D eigenvalue weighted by atomic mass is 32.1. The minimum Gasteiger partial charge on any atom is -0.479 e. The number of nitrogens with zero attached hydrogens (tertiary/aromatic N) is 1. The van der Waals surface area contributed by atoms with Crippen molar-refractivity contribution in [2.45, 2.75) is 19.1 Å². The summed E-state index contributed by atoms with van der Waals surface area (Å²) in [7, 11) is 0. The molecule has 0 aliphatic rings. The quantitative estimate of drug-likeness (QED) is 0.709. The van der Waals surface area contributed by atoms with Crippen LogP contribution in [-0.2, 0) is 11.3 Å². The van der Waals surface area contributed by atoms with Crippen LogP contribution in [0, 0.1) is 0 Å². The van der Waals surface area contributed by atoms with Crippen molar-refractivity contribution in [1.82, 2.24) is 4.57 Å². The molecule has 13 heavy (non-hydrogen) atoms. The van der Waals surface area contributed by atoms with Crippen LogP contribution in [0.2, 0.25) is 0 Å². The van der Waals surface area contributed by atoms with Gasteiger partial charge in [-0.1, -0.05) is 11.3 Å². The van der Waals surface area contributed by atoms with Crippen molar-refractivity contribution in [2.75, 3.05) is 0 Å². The summed E-state index contributed by atoms with van der Waals surface area (Å²) in [5, 5.41) is 19.4. The van der Waals surface area contributed by atoms with Crippen LogP contribution in [0.25, 0.3) is 0 Å². The predicted octanol–water partition coefficient (Wildman–Crippen LogP) is -0.255. The summed E-state index contributed by atoms with van der Waals surface area (Å²) in [5.41, 5.74) is -1.90. The molecule has 0 aliphatic carbocycles. The average molecular weight is 203 g/mol. The van der Waals surface area contributed by atoms with Crippen LogP contribution in [0.1, 0.15) is 6.92 Å². The molecule has 1 heterocycles. The van der Waals surface area contributed by atoms with Crippen molar-refractivity contribution in [3.05, 3.63) is 21.2 Å². The first kappa shape index (κ1) is 9.94. The van der Waals surface area contributed by atoms with Gasteiger partial charge in [0.25, 0.3) is 0 Å². The van der Waals surface area contributed by atoms with Crippen LogP contribution in [0.15, 0.2) is 16.4 Å². The summed E-state index contributed by atoms with van der Waals surface area (Å²) < 4.78 is 1.17. The summed E-state index contributed by atoms with van der Waals surface area (Å²) >= 11 is 0.960. The van der Waals surface area contributed by atoms with Gasteiger partial charge in [0.1, 0.15) is 0 Å². The number of carboxylic acids is 1. The number of carbonyl (C=O) groups is 1. The molecule has 6 heteroatoms. The van der Waals surface area contributed by atoms with E-state index in [0.29, 0.717) is 0 Å². The van der Waals surface area contributed by atoms with E-state index in [1.54, 1.807) is 5.38 Å². The van der Waals surface area contributed by atoms with Crippen LogP contribution in [-0.4, -0.2) is 26.4 Å². The Balaban J connectivity index is 2.87. The van der Waals surface area contributed by atoms with Crippen LogP contribution in [0.4, 0.5) is 0 Å². The van der Waals surface area contributed by atoms with Gasteiger partial charge < -0.3 is 14.8 Å². The maximum Gasteiger partial charge on any atom is 0.337 e. The fraction of sp³-hybridized carbons (Fsp3) is 0.429. The fourth-order valence-corrected chi connectivity index (χ4v) is 1.39. The van der Waals surface area contributed by atoms with Crippen LogP contribution < -0.4 is 4.87 Å². The Morgan fingerprint density at radius 2 is 2.38 bits per heavy atom. The van der Waals surface area contributed by atoms with E-state index in [0.717, 1.165) is 18.3 Å². The molecule has 0 spiro atoms. The van der Waals surface area contributed by atoms with Gasteiger partial charge in [0.15, 0.2) is 5.60 Å². The topological polar surface area (TPSA) is 79.5 Å². The van der Waals surface area contributed by atoms with E-state index in [2.05, 4.69) is 0 Å². The number of rotatable bonds is 3. The van der Waals surface area contributed by atoms with E-state index in [1.807, 2.05) is 0 Å². The second-order valence-corrected chi connectivity index (χ2v) is 3.73. The molecule has 0 aliphatic heterocycles. The highest BCUT2D eigenvalue weighted by molar-refractivity contribution is 7.07. The lowest BCUT2D eigenvalue weighted by molar-refractivity contribution is -0.157. The Hall–Kier alpha value is -1.14. The van der Waals surface area contributed by atoms with E-state index in [-0.39, 0.29) is 11.4 Å². The molecule has 0 saturated carbocycles. The second kappa shape index (κ2) is 3.31. The molecule has 0 saturated heterocycles. The largest absolute Gasteiger partial charge is 0.479 e. The molecule has 72 valence electrons. The zero-order valence-corrected chi connectivity index (χ0v) is 7.74. The van der Waals surface area contributed by atoms with Gasteiger partial charge in [-0.05, 0) is 6.92 Å². The van der Waals surface area contributed by atoms with Crippen LogP contribution >= 0.6 is 11.3 Å². The molecule has 0 aromatic carbocycles. The molecule has 0 bridgehead atoms. The minimum absolute atomic E-state index is 0.231. The first-order valence-corrected chi connectivity index (χ1v) is 4.41. The lowest BCUT2D eigenvalue weighted by Gasteiger charge is -2.17. The smallest absolute Gasteiger partial charge is 0.337 e. The molecule has 1 aromatic heterocycles. The third kappa shape index (κ3) is 2.16. The summed E-state index contributed by atoms with van der Waals surface area (Å²) in [4.78, 5) is 21.2. The van der Waals surface area contributed by atoms with Gasteiger partial charge in [-0.15, -0.1) is 0 Å². The summed E-state index contributed by atoms with van der Waals surface area (Å²) in [6.07, 6.45) is 1.45. The minimum atomic E-state index is -1.90. The van der Waals surface area contributed by atoms with Crippen LogP contribution in [0.3, 0.4) is 0 Å². The van der Waals surface area contributed by atoms with E-state index < -0.39 is 11.6 Å². The summed E-state index contributed by atoms with van der Waals surface area (Å²) in [5.74, 6) is -1.34. The van der Waals surface area contributed by atoms with Crippen LogP contribution in [0.5, 0.6) is 0 Å². The standard InChI is InChI=1S/C7H9NO4S/c1-7(12,5(9)10)4-8-2-3-13-6(8)11/h2-3,12H,4H2,1H3,(H,9,10). The number of thiazole rings is 1. The van der Waals surface area contributed by atoms with Crippen molar-refractivity contribution in [3.8, 4) is 0 Å². The van der Waals surface area contributed by atoms with Gasteiger partial charge in [0, 0.05) is 11.6 Å². The molecule has 0 fully saturated rings. The third-order valence-electron chi connectivity index (χ3n) is 1.58. The SMILES string of the molecule is CC(O)(Cn1ccsc1=O)C(=O)O. The Bertz CT molecular complexity index is 365. The Morgan fingerprint density at radius 3 is 2.77 bits per heavy atom. The summed E-state index contributed by atoms with van der Waals surface area (Å²) in [6, 6.07) is 0. The van der Waals surface area contributed by atoms with Gasteiger partial charge in [0.05, 0.1) is 6.54 Å². The molecule has 1 atom stereocenters. The number of aliphatic carboxylic acids is 1. The Labute approximate surface area is 77.9 Å². The Kier molecular flexibility index (Phi) is 2.53. The first-order valence-electron chi connectivity index (χ1n) is 3.53. The van der Waals surface area contributed by atoms with Gasteiger partial charge in [0.2, 0.25) is 0 Å². The van der Waals surface area contributed by atoms with E-state index in [1.165, 1.54) is 10.8 Å². The van der Waals surface area contributed by atoms with Crippen molar-refractivity contribution in [2.24, 2.45) is 0 Å². The van der Waals surface area contributed by atoms with Gasteiger partial charge >= 0.3 is 10.8 Å². The normalized spacial score (nSPS) is 15.2. The predicted molar refractivity (Wildman–Crippen MR) is 46.8 cm³/mol. The third-order valence-corrected chi connectivity index (χ3v) is 2.28. The number of aliphatic hydroxyl groups is 1. The number of aromatic nitrogens is 1. The molecule has 1 unspecified atom stereocenters. The molecule has 1 aromatic rings. The summed E-state index contributed by atoms with van der Waals surface area (Å²) in [6.45, 7) is 0.921. The zero-order valence-electron chi connectivity index (χ0n) is 6.93. The molecular formula is C7H9NO4S. The van der Waals surface area contributed by atoms with Gasteiger partial charge in [-0.3, -0.25) is 4.79 Å². The highest BCUT2D eigenvalue weighted by Gasteiger charge is 2.30. The van der Waals surface area contributed by atoms with Gasteiger partial charge in [-0.25, -0.2) is 4.79 Å². The number of carboxylic acid groups (broad SMARTS) is 1. The van der Waals surface area contributed by atoms with Gasteiger partial charge in [-0.2, -0.15) is 0 Å². The zero-order chi connectivity index (χ0) is 10.1. The first-order chi connectivity index (χ1) is 5.93. The highest BCUT2D eigenvalue weighted by Crippen LogP contribution is 2.06. The average Bonchev–Trinajstić information content (AvgIpc) is 2.35. The lowest BCUT2D eigenvalue weighted by Crippen LogP contribution is -2.41. The molecule has 2 N–H and O–H groups in total. The molecule has 0 amide bonds. The number of hydrogen-bond donors (Lipinski definition) is 2. The van der Waals surface area contributed by atoms with Crippen molar-refractivity contribution < 1.29 is 15.0 Å².